The van der Waals surface area contributed by atoms with E-state index in [4.69, 9.17) is 16.2 Å². The molecular weight excluding hydrogens is 182 g/mol. The van der Waals surface area contributed by atoms with Crippen LogP contribution in [0.4, 0.5) is 0 Å². The average Bonchev–Trinajstić information content (AvgIpc) is 2.01. The highest BCUT2D eigenvalue weighted by Gasteiger charge is 2.21. The van der Waals surface area contributed by atoms with Crippen molar-refractivity contribution < 1.29 is 9.53 Å². The van der Waals surface area contributed by atoms with Crippen LogP contribution in [0.3, 0.4) is 0 Å². The molecule has 0 unspecified atom stereocenters. The van der Waals surface area contributed by atoms with E-state index >= 15 is 0 Å². The van der Waals surface area contributed by atoms with Crippen molar-refractivity contribution in [2.24, 2.45) is 11.5 Å². The smallest absolute Gasteiger partial charge is 0.323 e. The van der Waals surface area contributed by atoms with E-state index in [9.17, 15) is 4.79 Å². The van der Waals surface area contributed by atoms with Crippen LogP contribution >= 0.6 is 0 Å². The van der Waals surface area contributed by atoms with Gasteiger partial charge in [-0.15, -0.1) is 0 Å². The molecule has 4 nitrogen and oxygen atoms in total. The fraction of sp³-hybridized carbons (Fsp3) is 0.900. The van der Waals surface area contributed by atoms with Crippen LogP contribution in [0, 0.1) is 0 Å². The van der Waals surface area contributed by atoms with E-state index in [1.54, 1.807) is 0 Å². The van der Waals surface area contributed by atoms with Crippen molar-refractivity contribution in [2.75, 3.05) is 6.54 Å². The predicted octanol–water partition coefficient (Wildman–Crippen LogP) is 0.784. The molecular formula is C10H22N2O2. The number of hydrogen-bond acceptors (Lipinski definition) is 4. The minimum atomic E-state index is -0.513. The largest absolute Gasteiger partial charge is 0.459 e. The molecule has 14 heavy (non-hydrogen) atoms. The lowest BCUT2D eigenvalue weighted by Gasteiger charge is -2.22. The van der Waals surface area contributed by atoms with Gasteiger partial charge < -0.3 is 16.2 Å². The summed E-state index contributed by atoms with van der Waals surface area (Å²) >= 11 is 0. The zero-order valence-electron chi connectivity index (χ0n) is 9.38. The molecule has 0 amide bonds. The lowest BCUT2D eigenvalue weighted by molar-refractivity contribution is -0.156. The molecule has 0 rings (SSSR count). The first kappa shape index (κ1) is 13.4. The van der Waals surface area contributed by atoms with Crippen LogP contribution in [0.1, 0.15) is 40.0 Å². The predicted molar refractivity (Wildman–Crippen MR) is 56.7 cm³/mol. The Morgan fingerprint density at radius 1 is 1.36 bits per heavy atom. The van der Waals surface area contributed by atoms with Crippen molar-refractivity contribution in [3.63, 3.8) is 0 Å². The molecule has 84 valence electrons. The summed E-state index contributed by atoms with van der Waals surface area (Å²) in [7, 11) is 0. The van der Waals surface area contributed by atoms with Gasteiger partial charge in [0.1, 0.15) is 11.6 Å². The van der Waals surface area contributed by atoms with E-state index in [-0.39, 0.29) is 5.97 Å². The summed E-state index contributed by atoms with van der Waals surface area (Å²) in [6.07, 6.45) is 2.42. The van der Waals surface area contributed by atoms with Gasteiger partial charge in [0.15, 0.2) is 0 Å². The molecule has 1 atom stereocenters. The van der Waals surface area contributed by atoms with Crippen LogP contribution in [0.2, 0.25) is 0 Å². The molecule has 0 aliphatic rings. The van der Waals surface area contributed by atoms with E-state index in [0.717, 1.165) is 12.8 Å². The molecule has 4 N–H and O–H groups in total. The maximum absolute atomic E-state index is 11.4. The van der Waals surface area contributed by atoms with Crippen molar-refractivity contribution in [1.82, 2.24) is 0 Å². The van der Waals surface area contributed by atoms with Gasteiger partial charge in [-0.2, -0.15) is 0 Å². The first-order valence-corrected chi connectivity index (χ1v) is 5.05. The van der Waals surface area contributed by atoms with Crippen LogP contribution in [-0.2, 0) is 9.53 Å². The summed E-state index contributed by atoms with van der Waals surface area (Å²) in [5.74, 6) is -0.325. The SMILES string of the molecule is CC(C)(C)OC(=O)[C@@H](N)CCC[13CH2][15NH2]. The van der Waals surface area contributed by atoms with E-state index in [2.05, 4.69) is 0 Å². The number of nitrogens with two attached hydrogens (primary N) is 2. The summed E-state index contributed by atoms with van der Waals surface area (Å²) < 4.78 is 5.13. The Morgan fingerprint density at radius 3 is 2.36 bits per heavy atom. The number of ether oxygens (including phenoxy) is 1. The molecule has 0 heterocycles. The number of hydrogen-bond donors (Lipinski definition) is 2. The van der Waals surface area contributed by atoms with Gasteiger partial charge >= 0.3 is 5.97 Å². The quantitative estimate of drug-likeness (QED) is 0.300. The van der Waals surface area contributed by atoms with Crippen molar-refractivity contribution in [3.05, 3.63) is 0 Å². The Labute approximate surface area is 86.0 Å². The number of carbonyl (C=O) groups is 1. The second kappa shape index (κ2) is 5.98. The van der Waals surface area contributed by atoms with Crippen molar-refractivity contribution >= 4 is 5.97 Å². The monoisotopic (exact) mass is 204 g/mol. The Hall–Kier alpha value is -0.610. The van der Waals surface area contributed by atoms with E-state index < -0.39 is 11.6 Å². The molecule has 0 aromatic heterocycles. The van der Waals surface area contributed by atoms with E-state index in [1.807, 2.05) is 20.8 Å². The van der Waals surface area contributed by atoms with Crippen LogP contribution in [0.15, 0.2) is 0 Å². The molecule has 0 aliphatic heterocycles. The zero-order valence-corrected chi connectivity index (χ0v) is 9.38. The normalized spacial score (nSPS) is 13.8. The van der Waals surface area contributed by atoms with Crippen LogP contribution in [-0.4, -0.2) is 24.2 Å². The molecule has 0 saturated heterocycles. The van der Waals surface area contributed by atoms with Gasteiger partial charge in [0, 0.05) is 0 Å². The Morgan fingerprint density at radius 2 is 1.93 bits per heavy atom. The van der Waals surface area contributed by atoms with Gasteiger partial charge in [0.25, 0.3) is 0 Å². The molecule has 0 spiro atoms. The molecule has 0 aromatic carbocycles. The Balaban J connectivity index is 3.77. The number of rotatable bonds is 5. The highest BCUT2D eigenvalue weighted by atomic mass is 16.6. The zero-order chi connectivity index (χ0) is 11.2. The summed E-state index contributed by atoms with van der Waals surface area (Å²) in [4.78, 5) is 11.4. The standard InChI is InChI=1S/C10H22N2O2/c1-10(2,3)14-9(13)8(12)6-4-5-7-11/h8H,4-7,11-12H2,1-3H3/t8-/m0/s1/i7+1,11+1. The number of esters is 1. The number of unbranched alkanes of at least 4 members (excludes halogenated alkanes) is 1. The Bertz CT molecular complexity index is 175. The summed E-state index contributed by atoms with van der Waals surface area (Å²) in [5, 5.41) is 0. The Kier molecular flexibility index (Phi) is 5.72. The average molecular weight is 204 g/mol. The molecule has 0 aromatic rings. The summed E-state index contributed by atoms with van der Waals surface area (Å²) in [5.41, 5.74) is 10.5. The first-order valence-electron chi connectivity index (χ1n) is 5.05. The van der Waals surface area contributed by atoms with Crippen LogP contribution in [0.25, 0.3) is 0 Å². The van der Waals surface area contributed by atoms with Crippen LogP contribution in [0.5, 0.6) is 0 Å². The first-order chi connectivity index (χ1) is 6.37. The highest BCUT2D eigenvalue weighted by Crippen LogP contribution is 2.09. The van der Waals surface area contributed by atoms with Gasteiger partial charge in [-0.05, 0) is 40.2 Å². The second-order valence-electron chi connectivity index (χ2n) is 4.42. The highest BCUT2D eigenvalue weighted by molar-refractivity contribution is 5.75. The molecule has 0 fully saturated rings. The van der Waals surface area contributed by atoms with Gasteiger partial charge in [-0.25, -0.2) is 0 Å². The lowest BCUT2D eigenvalue weighted by atomic mass is 10.1. The van der Waals surface area contributed by atoms with Gasteiger partial charge in [0.2, 0.25) is 0 Å². The molecule has 4 heteroatoms. The van der Waals surface area contributed by atoms with Gasteiger partial charge in [-0.3, -0.25) is 4.79 Å². The fourth-order valence-electron chi connectivity index (χ4n) is 1.00. The molecule has 0 radical (unpaired) electrons. The summed E-state index contributed by atoms with van der Waals surface area (Å²) in [6, 6.07) is -0.513. The van der Waals surface area contributed by atoms with E-state index in [1.165, 1.54) is 0 Å². The van der Waals surface area contributed by atoms with Crippen LogP contribution < -0.4 is 11.5 Å². The number of carbonyl (C=O) groups excluding carboxylic acids is 1. The van der Waals surface area contributed by atoms with Crippen molar-refractivity contribution in [2.45, 2.75) is 51.7 Å². The van der Waals surface area contributed by atoms with Gasteiger partial charge in [0.05, 0.1) is 0 Å². The molecule has 0 aliphatic carbocycles. The topological polar surface area (TPSA) is 78.3 Å². The third-order valence-electron chi connectivity index (χ3n) is 1.68. The van der Waals surface area contributed by atoms with Crippen molar-refractivity contribution in [3.8, 4) is 0 Å². The second-order valence-corrected chi connectivity index (χ2v) is 4.42. The third kappa shape index (κ3) is 6.86. The summed E-state index contributed by atoms with van der Waals surface area (Å²) in [6.45, 7) is 6.13. The van der Waals surface area contributed by atoms with Crippen molar-refractivity contribution in [1.29, 1.82) is 0 Å². The minimum Gasteiger partial charge on any atom is -0.459 e. The van der Waals surface area contributed by atoms with E-state index in [0.29, 0.717) is 13.0 Å². The maximum Gasteiger partial charge on any atom is 0.323 e. The van der Waals surface area contributed by atoms with Gasteiger partial charge in [-0.1, -0.05) is 6.42 Å². The fourth-order valence-corrected chi connectivity index (χ4v) is 1.00. The maximum atomic E-state index is 11.4. The minimum absolute atomic E-state index is 0.325. The third-order valence-corrected chi connectivity index (χ3v) is 1.68. The molecule has 0 saturated carbocycles. The molecule has 0 bridgehead atoms. The lowest BCUT2D eigenvalue weighted by Crippen LogP contribution is -2.37.